The molecule has 1 rings (SSSR count). The molecule has 3 heteroatoms. The zero-order valence-electron chi connectivity index (χ0n) is 11.7. The lowest BCUT2D eigenvalue weighted by Gasteiger charge is -2.26. The molecular weight excluding hydrogens is 227 g/mol. The third-order valence-corrected chi connectivity index (χ3v) is 3.31. The summed E-state index contributed by atoms with van der Waals surface area (Å²) >= 11 is 0. The van der Waals surface area contributed by atoms with Gasteiger partial charge in [0.25, 0.3) is 0 Å². The second-order valence-electron chi connectivity index (χ2n) is 5.52. The molecule has 0 aromatic heterocycles. The summed E-state index contributed by atoms with van der Waals surface area (Å²) in [4.78, 5) is 0. The van der Waals surface area contributed by atoms with Gasteiger partial charge in [-0.15, -0.1) is 0 Å². The molecule has 102 valence electrons. The van der Waals surface area contributed by atoms with Crippen molar-refractivity contribution in [2.45, 2.75) is 39.0 Å². The Morgan fingerprint density at radius 3 is 2.61 bits per heavy atom. The van der Waals surface area contributed by atoms with Crippen LogP contribution in [0.25, 0.3) is 0 Å². The van der Waals surface area contributed by atoms with Gasteiger partial charge in [-0.2, -0.15) is 0 Å². The number of halogens is 1. The first kappa shape index (κ1) is 15.1. The van der Waals surface area contributed by atoms with Crippen LogP contribution in [0.1, 0.15) is 37.8 Å². The van der Waals surface area contributed by atoms with Crippen LogP contribution in [0.2, 0.25) is 0 Å². The summed E-state index contributed by atoms with van der Waals surface area (Å²) < 4.78 is 13.3. The normalized spacial score (nSPS) is 11.8. The zero-order valence-corrected chi connectivity index (χ0v) is 11.7. The summed E-state index contributed by atoms with van der Waals surface area (Å²) in [6.45, 7) is 8.79. The Morgan fingerprint density at radius 2 is 2.00 bits per heavy atom. The number of hydrogen-bond donors (Lipinski definition) is 2. The maximum absolute atomic E-state index is 13.3. The quantitative estimate of drug-likeness (QED) is 0.732. The predicted molar refractivity (Wildman–Crippen MR) is 75.3 cm³/mol. The van der Waals surface area contributed by atoms with E-state index in [9.17, 15) is 4.39 Å². The molecule has 0 unspecified atom stereocenters. The van der Waals surface area contributed by atoms with Crippen LogP contribution in [0.15, 0.2) is 18.2 Å². The Labute approximate surface area is 110 Å². The molecule has 0 aliphatic carbocycles. The van der Waals surface area contributed by atoms with Crippen LogP contribution in [0, 0.1) is 12.7 Å². The Hall–Kier alpha value is -0.930. The number of rotatable bonds is 7. The SMILES string of the molecule is Cc1cc(C(C)(C)CNCCCCN)ccc1F. The highest BCUT2D eigenvalue weighted by Gasteiger charge is 2.20. The second kappa shape index (κ2) is 6.86. The first-order chi connectivity index (χ1) is 8.47. The summed E-state index contributed by atoms with van der Waals surface area (Å²) in [5, 5.41) is 3.44. The molecule has 0 atom stereocenters. The third-order valence-electron chi connectivity index (χ3n) is 3.31. The molecule has 0 amide bonds. The number of nitrogens with one attached hydrogen (secondary N) is 1. The predicted octanol–water partition coefficient (Wildman–Crippen LogP) is 2.74. The van der Waals surface area contributed by atoms with E-state index in [4.69, 9.17) is 5.73 Å². The van der Waals surface area contributed by atoms with Crippen molar-refractivity contribution < 1.29 is 4.39 Å². The van der Waals surface area contributed by atoms with Crippen LogP contribution in [0.4, 0.5) is 4.39 Å². The number of hydrogen-bond acceptors (Lipinski definition) is 2. The van der Waals surface area contributed by atoms with Crippen molar-refractivity contribution in [2.24, 2.45) is 5.73 Å². The third kappa shape index (κ3) is 4.39. The minimum atomic E-state index is -0.134. The van der Waals surface area contributed by atoms with Crippen LogP contribution in [-0.2, 0) is 5.41 Å². The van der Waals surface area contributed by atoms with Gasteiger partial charge in [0.15, 0.2) is 0 Å². The molecule has 0 heterocycles. The molecule has 0 bridgehead atoms. The van der Waals surface area contributed by atoms with Gasteiger partial charge in [-0.05, 0) is 50.0 Å². The minimum Gasteiger partial charge on any atom is -0.330 e. The highest BCUT2D eigenvalue weighted by molar-refractivity contribution is 5.29. The number of aryl methyl sites for hydroxylation is 1. The summed E-state index contributed by atoms with van der Waals surface area (Å²) in [5.41, 5.74) is 7.36. The standard InChI is InChI=1S/C15H25FN2/c1-12-10-13(6-7-14(12)16)15(2,3)11-18-9-5-4-8-17/h6-7,10,18H,4-5,8-9,11,17H2,1-3H3. The van der Waals surface area contributed by atoms with Crippen LogP contribution in [0.3, 0.4) is 0 Å². The van der Waals surface area contributed by atoms with Crippen molar-refractivity contribution in [3.63, 3.8) is 0 Å². The highest BCUT2D eigenvalue weighted by atomic mass is 19.1. The Balaban J connectivity index is 2.54. The highest BCUT2D eigenvalue weighted by Crippen LogP contribution is 2.24. The average molecular weight is 252 g/mol. The molecule has 18 heavy (non-hydrogen) atoms. The summed E-state index contributed by atoms with van der Waals surface area (Å²) in [7, 11) is 0. The maximum Gasteiger partial charge on any atom is 0.126 e. The van der Waals surface area contributed by atoms with Crippen molar-refractivity contribution in [1.82, 2.24) is 5.32 Å². The molecule has 1 aromatic carbocycles. The van der Waals surface area contributed by atoms with Crippen LogP contribution >= 0.6 is 0 Å². The second-order valence-corrected chi connectivity index (χ2v) is 5.52. The molecule has 0 radical (unpaired) electrons. The van der Waals surface area contributed by atoms with Gasteiger partial charge in [0.05, 0.1) is 0 Å². The van der Waals surface area contributed by atoms with E-state index in [1.54, 1.807) is 6.07 Å². The summed E-state index contributed by atoms with van der Waals surface area (Å²) in [6.07, 6.45) is 2.16. The van der Waals surface area contributed by atoms with Crippen molar-refractivity contribution >= 4 is 0 Å². The molecular formula is C15H25FN2. The largest absolute Gasteiger partial charge is 0.330 e. The van der Waals surface area contributed by atoms with E-state index < -0.39 is 0 Å². The van der Waals surface area contributed by atoms with Gasteiger partial charge in [-0.25, -0.2) is 4.39 Å². The Morgan fingerprint density at radius 1 is 1.28 bits per heavy atom. The van der Waals surface area contributed by atoms with Crippen molar-refractivity contribution in [2.75, 3.05) is 19.6 Å². The van der Waals surface area contributed by atoms with Gasteiger partial charge >= 0.3 is 0 Å². The van der Waals surface area contributed by atoms with E-state index >= 15 is 0 Å². The fourth-order valence-electron chi connectivity index (χ4n) is 1.96. The van der Waals surface area contributed by atoms with E-state index in [1.165, 1.54) is 5.56 Å². The molecule has 0 aliphatic heterocycles. The van der Waals surface area contributed by atoms with Gasteiger partial charge in [0, 0.05) is 12.0 Å². The summed E-state index contributed by atoms with van der Waals surface area (Å²) in [6, 6.07) is 5.38. The topological polar surface area (TPSA) is 38.0 Å². The molecule has 2 nitrogen and oxygen atoms in total. The van der Waals surface area contributed by atoms with Crippen LogP contribution < -0.4 is 11.1 Å². The lowest BCUT2D eigenvalue weighted by atomic mass is 9.84. The van der Waals surface area contributed by atoms with E-state index in [1.807, 2.05) is 19.1 Å². The van der Waals surface area contributed by atoms with Crippen LogP contribution in [0.5, 0.6) is 0 Å². The molecule has 0 aliphatic rings. The van der Waals surface area contributed by atoms with E-state index in [0.717, 1.165) is 32.5 Å². The van der Waals surface area contributed by atoms with E-state index in [-0.39, 0.29) is 11.2 Å². The molecule has 1 aromatic rings. The molecule has 0 saturated carbocycles. The Bertz CT molecular complexity index is 375. The van der Waals surface area contributed by atoms with Crippen LogP contribution in [-0.4, -0.2) is 19.6 Å². The maximum atomic E-state index is 13.3. The van der Waals surface area contributed by atoms with Crippen molar-refractivity contribution in [1.29, 1.82) is 0 Å². The van der Waals surface area contributed by atoms with Gasteiger partial charge in [-0.1, -0.05) is 26.0 Å². The first-order valence-corrected chi connectivity index (χ1v) is 6.65. The summed E-state index contributed by atoms with van der Waals surface area (Å²) in [5.74, 6) is -0.134. The van der Waals surface area contributed by atoms with Gasteiger partial charge in [0.1, 0.15) is 5.82 Å². The van der Waals surface area contributed by atoms with Gasteiger partial charge in [0.2, 0.25) is 0 Å². The number of benzene rings is 1. The number of nitrogens with two attached hydrogens (primary N) is 1. The fourth-order valence-corrected chi connectivity index (χ4v) is 1.96. The monoisotopic (exact) mass is 252 g/mol. The molecule has 3 N–H and O–H groups in total. The van der Waals surface area contributed by atoms with E-state index in [0.29, 0.717) is 5.56 Å². The van der Waals surface area contributed by atoms with Crippen molar-refractivity contribution in [3.05, 3.63) is 35.1 Å². The average Bonchev–Trinajstić information content (AvgIpc) is 2.32. The number of unbranched alkanes of at least 4 members (excludes halogenated alkanes) is 1. The van der Waals surface area contributed by atoms with Gasteiger partial charge < -0.3 is 11.1 Å². The molecule has 0 spiro atoms. The smallest absolute Gasteiger partial charge is 0.126 e. The minimum absolute atomic E-state index is 0.0151. The first-order valence-electron chi connectivity index (χ1n) is 6.65. The van der Waals surface area contributed by atoms with Crippen molar-refractivity contribution in [3.8, 4) is 0 Å². The molecule has 0 saturated heterocycles. The lowest BCUT2D eigenvalue weighted by Crippen LogP contribution is -2.33. The zero-order chi connectivity index (χ0) is 13.6. The van der Waals surface area contributed by atoms with E-state index in [2.05, 4.69) is 19.2 Å². The molecule has 0 fully saturated rings. The van der Waals surface area contributed by atoms with Gasteiger partial charge in [-0.3, -0.25) is 0 Å². The fraction of sp³-hybridized carbons (Fsp3) is 0.600. The lowest BCUT2D eigenvalue weighted by molar-refractivity contribution is 0.462. The Kier molecular flexibility index (Phi) is 5.76.